The van der Waals surface area contributed by atoms with Gasteiger partial charge in [-0.25, -0.2) is 4.39 Å². The molecule has 2 amide bonds. The first-order valence-corrected chi connectivity index (χ1v) is 5.51. The van der Waals surface area contributed by atoms with E-state index in [9.17, 15) is 19.1 Å². The molecule has 1 aliphatic rings. The lowest BCUT2D eigenvalue weighted by Gasteiger charge is -2.12. The van der Waals surface area contributed by atoms with Crippen LogP contribution < -0.4 is 5.32 Å². The number of para-hydroxylation sites is 1. The minimum absolute atomic E-state index is 0.0887. The first kappa shape index (κ1) is 12.5. The Morgan fingerprint density at radius 2 is 2.22 bits per heavy atom. The van der Waals surface area contributed by atoms with Gasteiger partial charge in [0.15, 0.2) is 11.6 Å². The number of phenols is 1. The van der Waals surface area contributed by atoms with Gasteiger partial charge in [-0.15, -0.1) is 0 Å². The van der Waals surface area contributed by atoms with Crippen LogP contribution in [0.4, 0.5) is 4.39 Å². The van der Waals surface area contributed by atoms with Crippen molar-refractivity contribution in [2.24, 2.45) is 0 Å². The quantitative estimate of drug-likeness (QED) is 0.763. The summed E-state index contributed by atoms with van der Waals surface area (Å²) in [5.41, 5.74) is 0.352. The Bertz CT molecular complexity index is 504. The lowest BCUT2D eigenvalue weighted by Crippen LogP contribution is -2.36. The van der Waals surface area contributed by atoms with Crippen molar-refractivity contribution in [3.05, 3.63) is 29.6 Å². The predicted molar refractivity (Wildman–Crippen MR) is 61.1 cm³/mol. The third-order valence-electron chi connectivity index (χ3n) is 2.99. The summed E-state index contributed by atoms with van der Waals surface area (Å²) < 4.78 is 13.1. The third kappa shape index (κ3) is 2.19. The molecule has 18 heavy (non-hydrogen) atoms. The summed E-state index contributed by atoms with van der Waals surface area (Å²) in [5, 5.41) is 12.3. The number of halogens is 1. The number of likely N-dealkylation sites (tertiary alicyclic amines) is 1. The van der Waals surface area contributed by atoms with Gasteiger partial charge in [0.05, 0.1) is 12.5 Å². The van der Waals surface area contributed by atoms with E-state index in [1.54, 1.807) is 6.07 Å². The van der Waals surface area contributed by atoms with Crippen LogP contribution in [0.5, 0.6) is 5.75 Å². The molecule has 96 valence electrons. The molecule has 1 aromatic carbocycles. The largest absolute Gasteiger partial charge is 0.505 e. The fourth-order valence-electron chi connectivity index (χ4n) is 1.85. The van der Waals surface area contributed by atoms with Gasteiger partial charge in [-0.3, -0.25) is 14.5 Å². The molecule has 0 spiro atoms. The summed E-state index contributed by atoms with van der Waals surface area (Å²) in [6, 6.07) is 3.57. The van der Waals surface area contributed by atoms with E-state index in [2.05, 4.69) is 5.32 Å². The summed E-state index contributed by atoms with van der Waals surface area (Å²) in [6.45, 7) is 0.126. The molecule has 1 heterocycles. The lowest BCUT2D eigenvalue weighted by molar-refractivity contribution is -0.137. The summed E-state index contributed by atoms with van der Waals surface area (Å²) >= 11 is 0. The van der Waals surface area contributed by atoms with Gasteiger partial charge in [-0.05, 0) is 6.07 Å². The van der Waals surface area contributed by atoms with Crippen LogP contribution in [0.2, 0.25) is 0 Å². The summed E-state index contributed by atoms with van der Waals surface area (Å²) in [5.74, 6) is -1.70. The second-order valence-electron chi connectivity index (χ2n) is 4.18. The second kappa shape index (κ2) is 4.73. The molecular weight excluding hydrogens is 239 g/mol. The van der Waals surface area contributed by atoms with Crippen LogP contribution in [-0.4, -0.2) is 34.9 Å². The Morgan fingerprint density at radius 1 is 1.50 bits per heavy atom. The van der Waals surface area contributed by atoms with E-state index in [4.69, 9.17) is 0 Å². The van der Waals surface area contributed by atoms with Crippen LogP contribution in [0.1, 0.15) is 12.0 Å². The van der Waals surface area contributed by atoms with Gasteiger partial charge < -0.3 is 10.4 Å². The van der Waals surface area contributed by atoms with Crippen LogP contribution in [0.25, 0.3) is 0 Å². The Hall–Kier alpha value is -1.95. The second-order valence-corrected chi connectivity index (χ2v) is 4.18. The fraction of sp³-hybridized carbons (Fsp3) is 0.333. The monoisotopic (exact) mass is 252 g/mol. The average Bonchev–Trinajstić information content (AvgIpc) is 2.59. The summed E-state index contributed by atoms with van der Waals surface area (Å²) in [4.78, 5) is 23.9. The van der Waals surface area contributed by atoms with Crippen molar-refractivity contribution >= 4 is 11.8 Å². The van der Waals surface area contributed by atoms with Gasteiger partial charge in [0.1, 0.15) is 0 Å². The van der Waals surface area contributed by atoms with E-state index in [1.165, 1.54) is 13.1 Å². The topological polar surface area (TPSA) is 69.6 Å². The number of phenolic OH excluding ortho intramolecular Hbond substituents is 1. The standard InChI is InChI=1S/C12H13FN2O3/c1-15-10(16)5-9(12(15)18)14-6-7-3-2-4-8(13)11(7)17/h2-4,9,14,17H,5-6H2,1H3. The molecule has 1 fully saturated rings. The minimum Gasteiger partial charge on any atom is -0.505 e. The molecule has 0 radical (unpaired) electrons. The minimum atomic E-state index is -0.708. The molecule has 5 nitrogen and oxygen atoms in total. The number of amides is 2. The van der Waals surface area contributed by atoms with Crippen molar-refractivity contribution in [3.63, 3.8) is 0 Å². The molecule has 1 unspecified atom stereocenters. The first-order chi connectivity index (χ1) is 8.50. The SMILES string of the molecule is CN1C(=O)CC(NCc2cccc(F)c2O)C1=O. The molecule has 2 N–H and O–H groups in total. The van der Waals surface area contributed by atoms with Gasteiger partial charge in [-0.2, -0.15) is 0 Å². The highest BCUT2D eigenvalue weighted by molar-refractivity contribution is 6.05. The van der Waals surface area contributed by atoms with Crippen LogP contribution in [0.15, 0.2) is 18.2 Å². The van der Waals surface area contributed by atoms with E-state index >= 15 is 0 Å². The van der Waals surface area contributed by atoms with Crippen LogP contribution in [0.3, 0.4) is 0 Å². The number of likely N-dealkylation sites (N-methyl/N-ethyl adjacent to an activating group) is 1. The van der Waals surface area contributed by atoms with E-state index in [1.807, 2.05) is 0 Å². The zero-order valence-corrected chi connectivity index (χ0v) is 9.81. The first-order valence-electron chi connectivity index (χ1n) is 5.51. The number of aromatic hydroxyl groups is 1. The zero-order valence-electron chi connectivity index (χ0n) is 9.81. The third-order valence-corrected chi connectivity index (χ3v) is 2.99. The molecule has 1 aromatic rings. The van der Waals surface area contributed by atoms with Crippen molar-refractivity contribution in [2.45, 2.75) is 19.0 Å². The van der Waals surface area contributed by atoms with Crippen molar-refractivity contribution in [1.29, 1.82) is 0 Å². The van der Waals surface area contributed by atoms with Crippen LogP contribution in [0, 0.1) is 5.82 Å². The lowest BCUT2D eigenvalue weighted by atomic mass is 10.1. The van der Waals surface area contributed by atoms with Crippen molar-refractivity contribution < 1.29 is 19.1 Å². The molecule has 0 aliphatic carbocycles. The van der Waals surface area contributed by atoms with Crippen LogP contribution >= 0.6 is 0 Å². The number of rotatable bonds is 3. The molecular formula is C12H13FN2O3. The molecule has 0 aromatic heterocycles. The maximum atomic E-state index is 13.1. The average molecular weight is 252 g/mol. The maximum absolute atomic E-state index is 13.1. The Kier molecular flexibility index (Phi) is 3.29. The van der Waals surface area contributed by atoms with Crippen molar-refractivity contribution in [3.8, 4) is 5.75 Å². The molecule has 6 heteroatoms. The number of nitrogens with one attached hydrogen (secondary N) is 1. The van der Waals surface area contributed by atoms with Gasteiger partial charge in [0.2, 0.25) is 11.8 Å². The van der Waals surface area contributed by atoms with Gasteiger partial charge in [0.25, 0.3) is 0 Å². The highest BCUT2D eigenvalue weighted by Crippen LogP contribution is 2.21. The smallest absolute Gasteiger partial charge is 0.246 e. The number of nitrogens with zero attached hydrogens (tertiary/aromatic N) is 1. The summed E-state index contributed by atoms with van der Waals surface area (Å²) in [6.07, 6.45) is 0.0887. The molecule has 0 saturated carbocycles. The Balaban J connectivity index is 2.03. The number of hydrogen-bond donors (Lipinski definition) is 2. The number of carbonyl (C=O) groups excluding carboxylic acids is 2. The normalized spacial score (nSPS) is 19.7. The van der Waals surface area contributed by atoms with Gasteiger partial charge >= 0.3 is 0 Å². The fourth-order valence-corrected chi connectivity index (χ4v) is 1.85. The molecule has 1 atom stereocenters. The predicted octanol–water partition coefficient (Wildman–Crippen LogP) is 0.378. The number of imide groups is 1. The molecule has 1 aliphatic heterocycles. The van der Waals surface area contributed by atoms with E-state index in [0.717, 1.165) is 11.0 Å². The van der Waals surface area contributed by atoms with Gasteiger partial charge in [0, 0.05) is 19.2 Å². The zero-order chi connectivity index (χ0) is 13.3. The molecule has 1 saturated heterocycles. The Labute approximate surface area is 103 Å². The highest BCUT2D eigenvalue weighted by Gasteiger charge is 2.35. The van der Waals surface area contributed by atoms with Crippen molar-refractivity contribution in [1.82, 2.24) is 10.2 Å². The molecule has 0 bridgehead atoms. The summed E-state index contributed by atoms with van der Waals surface area (Å²) in [7, 11) is 1.42. The van der Waals surface area contributed by atoms with Gasteiger partial charge in [-0.1, -0.05) is 12.1 Å². The van der Waals surface area contributed by atoms with Crippen LogP contribution in [-0.2, 0) is 16.1 Å². The highest BCUT2D eigenvalue weighted by atomic mass is 19.1. The Morgan fingerprint density at radius 3 is 2.83 bits per heavy atom. The van der Waals surface area contributed by atoms with E-state index < -0.39 is 17.6 Å². The number of carbonyl (C=O) groups is 2. The van der Waals surface area contributed by atoms with E-state index in [-0.39, 0.29) is 24.8 Å². The van der Waals surface area contributed by atoms with Crippen molar-refractivity contribution in [2.75, 3.05) is 7.05 Å². The van der Waals surface area contributed by atoms with E-state index in [0.29, 0.717) is 5.56 Å². The number of benzene rings is 1. The maximum Gasteiger partial charge on any atom is 0.246 e. The molecule has 2 rings (SSSR count). The number of hydrogen-bond acceptors (Lipinski definition) is 4.